The van der Waals surface area contributed by atoms with Gasteiger partial charge in [0.05, 0.1) is 11.5 Å². The van der Waals surface area contributed by atoms with Gasteiger partial charge in [0.1, 0.15) is 0 Å². The number of hydrogen-bond acceptors (Lipinski definition) is 4. The molecule has 3 rings (SSSR count). The van der Waals surface area contributed by atoms with Gasteiger partial charge < -0.3 is 10.2 Å². The fourth-order valence-electron chi connectivity index (χ4n) is 2.79. The number of thiophene rings is 1. The highest BCUT2D eigenvalue weighted by atomic mass is 32.1. The van der Waals surface area contributed by atoms with Crippen molar-refractivity contribution < 1.29 is 4.92 Å². The Morgan fingerprint density at radius 2 is 1.82 bits per heavy atom. The van der Waals surface area contributed by atoms with Gasteiger partial charge >= 0.3 is 0 Å². The van der Waals surface area contributed by atoms with E-state index < -0.39 is 4.92 Å². The molecule has 0 aliphatic heterocycles. The third kappa shape index (κ3) is 5.61. The van der Waals surface area contributed by atoms with Crippen LogP contribution >= 0.6 is 23.6 Å². The lowest BCUT2D eigenvalue weighted by molar-refractivity contribution is -0.384. The Hall–Kier alpha value is -2.77. The standard InChI is InChI=1S/C21H21N3O2S2/c1-16-7-12-20(28-16)15-23(14-13-17-5-3-2-4-6-17)21(27)22-18-8-10-19(11-9-18)24(25)26/h2-12H,13-15H2,1H3,(H,22,27). The lowest BCUT2D eigenvalue weighted by Gasteiger charge is -2.25. The molecule has 0 radical (unpaired) electrons. The number of thiocarbonyl (C=S) groups is 1. The number of benzene rings is 2. The molecule has 0 saturated heterocycles. The maximum atomic E-state index is 10.8. The van der Waals surface area contributed by atoms with Gasteiger partial charge in [-0.15, -0.1) is 11.3 Å². The van der Waals surface area contributed by atoms with E-state index in [2.05, 4.69) is 41.4 Å². The fourth-order valence-corrected chi connectivity index (χ4v) is 3.97. The van der Waals surface area contributed by atoms with Gasteiger partial charge in [0.25, 0.3) is 5.69 Å². The second kappa shape index (κ2) is 9.43. The molecule has 0 saturated carbocycles. The number of non-ortho nitro benzene ring substituents is 1. The first kappa shape index (κ1) is 20.0. The number of rotatable bonds is 7. The van der Waals surface area contributed by atoms with Crippen molar-refractivity contribution in [2.24, 2.45) is 0 Å². The first-order valence-corrected chi connectivity index (χ1v) is 10.1. The normalized spacial score (nSPS) is 10.5. The van der Waals surface area contributed by atoms with Crippen LogP contribution in [0.3, 0.4) is 0 Å². The van der Waals surface area contributed by atoms with Gasteiger partial charge in [0, 0.05) is 34.1 Å². The quantitative estimate of drug-likeness (QED) is 0.320. The van der Waals surface area contributed by atoms with E-state index in [1.165, 1.54) is 27.5 Å². The van der Waals surface area contributed by atoms with Crippen molar-refractivity contribution in [3.63, 3.8) is 0 Å². The SMILES string of the molecule is Cc1ccc(CN(CCc2ccccc2)C(=S)Nc2ccc([N+](=O)[O-])cc2)s1. The zero-order chi connectivity index (χ0) is 19.9. The summed E-state index contributed by atoms with van der Waals surface area (Å²) >= 11 is 7.41. The molecule has 3 aromatic rings. The van der Waals surface area contributed by atoms with Gasteiger partial charge in [-0.3, -0.25) is 10.1 Å². The van der Waals surface area contributed by atoms with Crippen LogP contribution in [0.25, 0.3) is 0 Å². The molecule has 28 heavy (non-hydrogen) atoms. The minimum atomic E-state index is -0.409. The van der Waals surface area contributed by atoms with Gasteiger partial charge in [-0.25, -0.2) is 0 Å². The highest BCUT2D eigenvalue weighted by Gasteiger charge is 2.13. The molecule has 0 unspecified atom stereocenters. The maximum Gasteiger partial charge on any atom is 0.269 e. The maximum absolute atomic E-state index is 10.8. The van der Waals surface area contributed by atoms with E-state index in [-0.39, 0.29) is 5.69 Å². The van der Waals surface area contributed by atoms with E-state index in [9.17, 15) is 10.1 Å². The van der Waals surface area contributed by atoms with Crippen LogP contribution in [0, 0.1) is 17.0 Å². The fraction of sp³-hybridized carbons (Fsp3) is 0.190. The van der Waals surface area contributed by atoms with Crippen LogP contribution in [0.1, 0.15) is 15.3 Å². The molecule has 0 atom stereocenters. The van der Waals surface area contributed by atoms with Crippen molar-refractivity contribution in [1.29, 1.82) is 0 Å². The van der Waals surface area contributed by atoms with Gasteiger partial charge in [-0.2, -0.15) is 0 Å². The molecule has 144 valence electrons. The van der Waals surface area contributed by atoms with E-state index >= 15 is 0 Å². The summed E-state index contributed by atoms with van der Waals surface area (Å²) in [5, 5.41) is 14.6. The molecule has 0 amide bonds. The summed E-state index contributed by atoms with van der Waals surface area (Å²) in [6.07, 6.45) is 0.882. The van der Waals surface area contributed by atoms with Crippen LogP contribution in [0.2, 0.25) is 0 Å². The number of anilines is 1. The average Bonchev–Trinajstić information content (AvgIpc) is 3.11. The summed E-state index contributed by atoms with van der Waals surface area (Å²) in [6.45, 7) is 3.60. The van der Waals surface area contributed by atoms with Gasteiger partial charge in [-0.05, 0) is 55.4 Å². The number of nitrogens with one attached hydrogen (secondary N) is 1. The van der Waals surface area contributed by atoms with Gasteiger partial charge in [-0.1, -0.05) is 30.3 Å². The van der Waals surface area contributed by atoms with Crippen molar-refractivity contribution in [2.45, 2.75) is 19.9 Å². The monoisotopic (exact) mass is 411 g/mol. The van der Waals surface area contributed by atoms with Gasteiger partial charge in [0.15, 0.2) is 5.11 Å². The molecule has 1 aromatic heterocycles. The molecule has 1 heterocycles. The Morgan fingerprint density at radius 1 is 1.11 bits per heavy atom. The van der Waals surface area contributed by atoms with Crippen molar-refractivity contribution in [1.82, 2.24) is 4.90 Å². The number of nitro benzene ring substituents is 1. The van der Waals surface area contributed by atoms with Crippen molar-refractivity contribution in [3.8, 4) is 0 Å². The average molecular weight is 412 g/mol. The van der Waals surface area contributed by atoms with Crippen LogP contribution in [0.4, 0.5) is 11.4 Å². The van der Waals surface area contributed by atoms with E-state index in [0.29, 0.717) is 5.11 Å². The molecule has 1 N–H and O–H groups in total. The lowest BCUT2D eigenvalue weighted by atomic mass is 10.1. The lowest BCUT2D eigenvalue weighted by Crippen LogP contribution is -2.35. The second-order valence-electron chi connectivity index (χ2n) is 6.40. The second-order valence-corrected chi connectivity index (χ2v) is 8.16. The molecular formula is C21H21N3O2S2. The van der Waals surface area contributed by atoms with Crippen LogP contribution < -0.4 is 5.32 Å². The molecule has 0 aliphatic rings. The van der Waals surface area contributed by atoms with Crippen LogP contribution in [-0.2, 0) is 13.0 Å². The highest BCUT2D eigenvalue weighted by Crippen LogP contribution is 2.20. The predicted octanol–water partition coefficient (Wildman–Crippen LogP) is 5.41. The molecule has 0 aliphatic carbocycles. The zero-order valence-electron chi connectivity index (χ0n) is 15.5. The van der Waals surface area contributed by atoms with Crippen LogP contribution in [0.5, 0.6) is 0 Å². The van der Waals surface area contributed by atoms with Crippen LogP contribution in [-0.4, -0.2) is 21.5 Å². The largest absolute Gasteiger partial charge is 0.344 e. The number of nitrogens with zero attached hydrogens (tertiary/aromatic N) is 2. The van der Waals surface area contributed by atoms with Crippen LogP contribution in [0.15, 0.2) is 66.7 Å². The minimum absolute atomic E-state index is 0.0615. The van der Waals surface area contributed by atoms with E-state index in [1.54, 1.807) is 23.5 Å². The topological polar surface area (TPSA) is 58.4 Å². The first-order valence-electron chi connectivity index (χ1n) is 8.91. The molecule has 2 aromatic carbocycles. The summed E-state index contributed by atoms with van der Waals surface area (Å²) in [7, 11) is 0. The third-order valence-electron chi connectivity index (χ3n) is 4.27. The molecule has 7 heteroatoms. The summed E-state index contributed by atoms with van der Waals surface area (Å²) in [6, 6.07) is 20.8. The van der Waals surface area contributed by atoms with E-state index in [4.69, 9.17) is 12.2 Å². The molecule has 0 fully saturated rings. The Labute approximate surface area is 173 Å². The molecule has 0 bridgehead atoms. The third-order valence-corrected chi connectivity index (χ3v) is 5.62. The van der Waals surface area contributed by atoms with Crippen molar-refractivity contribution in [3.05, 3.63) is 92.2 Å². The summed E-state index contributed by atoms with van der Waals surface area (Å²) in [4.78, 5) is 15.1. The summed E-state index contributed by atoms with van der Waals surface area (Å²) in [5.41, 5.74) is 2.06. The van der Waals surface area contributed by atoms with Crippen molar-refractivity contribution >= 4 is 40.0 Å². The van der Waals surface area contributed by atoms with E-state index in [0.717, 1.165) is 25.2 Å². The Kier molecular flexibility index (Phi) is 6.73. The Bertz CT molecular complexity index is 940. The smallest absolute Gasteiger partial charge is 0.269 e. The molecular weight excluding hydrogens is 390 g/mol. The Balaban J connectivity index is 1.70. The first-order chi connectivity index (χ1) is 13.5. The number of aryl methyl sites for hydroxylation is 1. The summed E-state index contributed by atoms with van der Waals surface area (Å²) in [5.74, 6) is 0. The zero-order valence-corrected chi connectivity index (χ0v) is 17.1. The Morgan fingerprint density at radius 3 is 2.43 bits per heavy atom. The predicted molar refractivity (Wildman–Crippen MR) is 119 cm³/mol. The number of nitro groups is 1. The minimum Gasteiger partial charge on any atom is -0.344 e. The molecule has 5 nitrogen and oxygen atoms in total. The van der Waals surface area contributed by atoms with E-state index in [1.807, 2.05) is 18.2 Å². The summed E-state index contributed by atoms with van der Waals surface area (Å²) < 4.78 is 0. The van der Waals surface area contributed by atoms with Gasteiger partial charge in [0.2, 0.25) is 0 Å². The molecule has 0 spiro atoms. The highest BCUT2D eigenvalue weighted by molar-refractivity contribution is 7.80. The van der Waals surface area contributed by atoms with Crippen molar-refractivity contribution in [2.75, 3.05) is 11.9 Å². The number of hydrogen-bond donors (Lipinski definition) is 1.